The normalized spacial score (nSPS) is 12.6. The van der Waals surface area contributed by atoms with Crippen LogP contribution in [0.2, 0.25) is 0 Å². The first-order valence-electron chi connectivity index (χ1n) is 6.17. The summed E-state index contributed by atoms with van der Waals surface area (Å²) in [5.41, 5.74) is 3.06. The monoisotopic (exact) mass is 357 g/mol. The van der Waals surface area contributed by atoms with E-state index in [1.54, 1.807) is 28.6 Å². The molecule has 0 amide bonds. The van der Waals surface area contributed by atoms with Crippen LogP contribution in [-0.2, 0) is 0 Å². The average Bonchev–Trinajstić information content (AvgIpc) is 2.91. The molecule has 19 heavy (non-hydrogen) atoms. The molecule has 1 unspecified atom stereocenters. The van der Waals surface area contributed by atoms with E-state index in [1.807, 2.05) is 0 Å². The molecule has 3 nitrogen and oxygen atoms in total. The van der Waals surface area contributed by atoms with E-state index in [0.717, 1.165) is 21.8 Å². The van der Waals surface area contributed by atoms with E-state index in [2.05, 4.69) is 63.5 Å². The highest BCUT2D eigenvalue weighted by atomic mass is 79.9. The van der Waals surface area contributed by atoms with E-state index in [9.17, 15) is 0 Å². The molecule has 2 rings (SSSR count). The van der Waals surface area contributed by atoms with Crippen LogP contribution in [-0.4, -0.2) is 16.7 Å². The van der Waals surface area contributed by atoms with Crippen molar-refractivity contribution >= 4 is 39.0 Å². The van der Waals surface area contributed by atoms with Gasteiger partial charge in [0.05, 0.1) is 0 Å². The van der Waals surface area contributed by atoms with Crippen molar-refractivity contribution in [3.05, 3.63) is 33.7 Å². The van der Waals surface area contributed by atoms with Crippen LogP contribution in [0.15, 0.2) is 37.4 Å². The highest BCUT2D eigenvalue weighted by Gasteiger charge is 2.13. The van der Waals surface area contributed by atoms with Gasteiger partial charge in [-0.15, -0.1) is 10.2 Å². The van der Waals surface area contributed by atoms with Crippen LogP contribution in [0.4, 0.5) is 0 Å². The molecule has 1 aromatic heterocycles. The van der Waals surface area contributed by atoms with Gasteiger partial charge in [0.1, 0.15) is 5.51 Å². The fourth-order valence-corrected chi connectivity index (χ4v) is 3.74. The standard InChI is InChI=1S/C13H16BrN3S2/c1-3-6-15-9(2)11-7-10(14)4-5-12(11)19-13-17-16-8-18-13/h4-5,7-9,15H,3,6H2,1-2H3. The Morgan fingerprint density at radius 3 is 3.00 bits per heavy atom. The maximum Gasteiger partial charge on any atom is 0.178 e. The molecular weight excluding hydrogens is 342 g/mol. The quantitative estimate of drug-likeness (QED) is 0.824. The van der Waals surface area contributed by atoms with Crippen LogP contribution in [0, 0.1) is 0 Å². The Bertz CT molecular complexity index is 517. The molecule has 0 spiro atoms. The van der Waals surface area contributed by atoms with Gasteiger partial charge in [0.25, 0.3) is 0 Å². The van der Waals surface area contributed by atoms with Gasteiger partial charge in [-0.2, -0.15) is 0 Å². The van der Waals surface area contributed by atoms with Crippen LogP contribution in [0.25, 0.3) is 0 Å². The molecule has 0 aliphatic heterocycles. The summed E-state index contributed by atoms with van der Waals surface area (Å²) in [4.78, 5) is 1.23. The number of nitrogens with one attached hydrogen (secondary N) is 1. The van der Waals surface area contributed by atoms with E-state index in [1.165, 1.54) is 10.5 Å². The maximum absolute atomic E-state index is 4.10. The smallest absolute Gasteiger partial charge is 0.178 e. The van der Waals surface area contributed by atoms with E-state index in [0.29, 0.717) is 6.04 Å². The Morgan fingerprint density at radius 1 is 1.47 bits per heavy atom. The molecule has 2 aromatic rings. The first-order chi connectivity index (χ1) is 9.20. The van der Waals surface area contributed by atoms with Gasteiger partial charge in [-0.3, -0.25) is 0 Å². The molecule has 0 aliphatic carbocycles. The van der Waals surface area contributed by atoms with Crippen molar-refractivity contribution in [2.24, 2.45) is 0 Å². The van der Waals surface area contributed by atoms with E-state index >= 15 is 0 Å². The lowest BCUT2D eigenvalue weighted by Crippen LogP contribution is -2.19. The zero-order valence-corrected chi connectivity index (χ0v) is 14.1. The summed E-state index contributed by atoms with van der Waals surface area (Å²) in [6, 6.07) is 6.71. The van der Waals surface area contributed by atoms with Gasteiger partial charge < -0.3 is 5.32 Å². The lowest BCUT2D eigenvalue weighted by atomic mass is 10.1. The molecule has 0 aliphatic rings. The lowest BCUT2D eigenvalue weighted by Gasteiger charge is -2.17. The second kappa shape index (κ2) is 7.38. The van der Waals surface area contributed by atoms with Crippen molar-refractivity contribution < 1.29 is 0 Å². The third-order valence-electron chi connectivity index (χ3n) is 2.68. The summed E-state index contributed by atoms with van der Waals surface area (Å²) in [6.45, 7) is 5.40. The highest BCUT2D eigenvalue weighted by Crippen LogP contribution is 2.35. The van der Waals surface area contributed by atoms with E-state index in [4.69, 9.17) is 0 Å². The first-order valence-corrected chi connectivity index (χ1v) is 8.66. The largest absolute Gasteiger partial charge is 0.310 e. The summed E-state index contributed by atoms with van der Waals surface area (Å²) in [5, 5.41) is 11.5. The summed E-state index contributed by atoms with van der Waals surface area (Å²) in [5.74, 6) is 0. The first kappa shape index (κ1) is 15.0. The van der Waals surface area contributed by atoms with Crippen molar-refractivity contribution in [2.45, 2.75) is 35.5 Å². The summed E-state index contributed by atoms with van der Waals surface area (Å²) >= 11 is 6.79. The number of benzene rings is 1. The van der Waals surface area contributed by atoms with Crippen molar-refractivity contribution in [1.29, 1.82) is 0 Å². The summed E-state index contributed by atoms with van der Waals surface area (Å²) in [6.07, 6.45) is 1.14. The van der Waals surface area contributed by atoms with Crippen LogP contribution < -0.4 is 5.32 Å². The Morgan fingerprint density at radius 2 is 2.32 bits per heavy atom. The number of hydrogen-bond acceptors (Lipinski definition) is 5. The molecule has 1 N–H and O–H groups in total. The predicted molar refractivity (Wildman–Crippen MR) is 84.9 cm³/mol. The van der Waals surface area contributed by atoms with Gasteiger partial charge in [0.15, 0.2) is 4.34 Å². The molecule has 0 fully saturated rings. The molecule has 1 heterocycles. The fraction of sp³-hybridized carbons (Fsp3) is 0.385. The zero-order valence-electron chi connectivity index (χ0n) is 10.9. The highest BCUT2D eigenvalue weighted by molar-refractivity contribution is 9.10. The van der Waals surface area contributed by atoms with Crippen LogP contribution in [0.3, 0.4) is 0 Å². The third kappa shape index (κ3) is 4.27. The predicted octanol–water partition coefficient (Wildman–Crippen LogP) is 4.51. The Labute approximate surface area is 130 Å². The SMILES string of the molecule is CCCNC(C)c1cc(Br)ccc1Sc1nncs1. The van der Waals surface area contributed by atoms with Crippen molar-refractivity contribution in [2.75, 3.05) is 6.54 Å². The van der Waals surface area contributed by atoms with Gasteiger partial charge in [-0.25, -0.2) is 0 Å². The fourth-order valence-electron chi connectivity index (χ4n) is 1.72. The second-order valence-electron chi connectivity index (χ2n) is 4.16. The molecular formula is C13H16BrN3S2. The van der Waals surface area contributed by atoms with Crippen LogP contribution in [0.1, 0.15) is 31.9 Å². The number of aromatic nitrogens is 2. The Balaban J connectivity index is 2.22. The molecule has 1 aromatic carbocycles. The maximum atomic E-state index is 4.10. The molecule has 0 saturated heterocycles. The number of rotatable bonds is 6. The minimum Gasteiger partial charge on any atom is -0.310 e. The van der Waals surface area contributed by atoms with Gasteiger partial charge >= 0.3 is 0 Å². The van der Waals surface area contributed by atoms with E-state index in [-0.39, 0.29) is 0 Å². The molecule has 0 bridgehead atoms. The molecule has 102 valence electrons. The van der Waals surface area contributed by atoms with Crippen molar-refractivity contribution in [3.8, 4) is 0 Å². The molecule has 0 saturated carbocycles. The third-order valence-corrected chi connectivity index (χ3v) is 5.04. The van der Waals surface area contributed by atoms with Gasteiger partial charge in [-0.05, 0) is 43.7 Å². The van der Waals surface area contributed by atoms with Crippen LogP contribution in [0.5, 0.6) is 0 Å². The summed E-state index contributed by atoms with van der Waals surface area (Å²) < 4.78 is 2.08. The Kier molecular flexibility index (Phi) is 5.81. The van der Waals surface area contributed by atoms with Crippen molar-refractivity contribution in [1.82, 2.24) is 15.5 Å². The van der Waals surface area contributed by atoms with Crippen LogP contribution >= 0.6 is 39.0 Å². The van der Waals surface area contributed by atoms with Gasteiger partial charge in [0, 0.05) is 15.4 Å². The number of nitrogens with zero attached hydrogens (tertiary/aromatic N) is 2. The van der Waals surface area contributed by atoms with Crippen molar-refractivity contribution in [3.63, 3.8) is 0 Å². The molecule has 0 radical (unpaired) electrons. The average molecular weight is 358 g/mol. The van der Waals surface area contributed by atoms with E-state index < -0.39 is 0 Å². The van der Waals surface area contributed by atoms with Gasteiger partial charge in [-0.1, -0.05) is 46.0 Å². The topological polar surface area (TPSA) is 37.8 Å². The number of hydrogen-bond donors (Lipinski definition) is 1. The lowest BCUT2D eigenvalue weighted by molar-refractivity contribution is 0.563. The number of halogens is 1. The Hall–Kier alpha value is -0.430. The zero-order chi connectivity index (χ0) is 13.7. The summed E-state index contributed by atoms with van der Waals surface area (Å²) in [7, 11) is 0. The second-order valence-corrected chi connectivity index (χ2v) is 7.20. The molecule has 6 heteroatoms. The minimum absolute atomic E-state index is 0.327. The van der Waals surface area contributed by atoms with Gasteiger partial charge in [0.2, 0.25) is 0 Å². The molecule has 1 atom stereocenters. The minimum atomic E-state index is 0.327.